The number of hydrogen-bond donors (Lipinski definition) is 1. The van der Waals surface area contributed by atoms with Gasteiger partial charge in [0.2, 0.25) is 5.91 Å². The van der Waals surface area contributed by atoms with Gasteiger partial charge in [0.05, 0.1) is 23.0 Å². The summed E-state index contributed by atoms with van der Waals surface area (Å²) in [5, 5.41) is 9.10. The van der Waals surface area contributed by atoms with Gasteiger partial charge in [-0.1, -0.05) is 0 Å². The second kappa shape index (κ2) is 5.89. The predicted octanol–water partition coefficient (Wildman–Crippen LogP) is 2.49. The highest BCUT2D eigenvalue weighted by Crippen LogP contribution is 2.24. The van der Waals surface area contributed by atoms with Crippen LogP contribution in [0.2, 0.25) is 0 Å². The van der Waals surface area contributed by atoms with Crippen molar-refractivity contribution in [1.29, 1.82) is 0 Å². The Balaban J connectivity index is 1.69. The Kier molecular flexibility index (Phi) is 3.69. The largest absolute Gasteiger partial charge is 0.467 e. The van der Waals surface area contributed by atoms with E-state index in [1.54, 1.807) is 36.7 Å². The summed E-state index contributed by atoms with van der Waals surface area (Å²) in [4.78, 5) is 25.2. The molecular weight excluding hydrogens is 340 g/mol. The van der Waals surface area contributed by atoms with Crippen LogP contribution in [0.4, 0.5) is 0 Å². The molecule has 0 spiro atoms. The van der Waals surface area contributed by atoms with Crippen LogP contribution in [0.1, 0.15) is 24.6 Å². The first kappa shape index (κ1) is 15.6. The monoisotopic (exact) mass is 356 g/mol. The van der Waals surface area contributed by atoms with Gasteiger partial charge in [-0.3, -0.25) is 14.0 Å². The molecular formula is C17H16N4O3S. The normalized spacial score (nSPS) is 12.7. The number of amides is 1. The standard InChI is InChI=1S/C17H16N4O3S/c1-10(16(22)18-9-12-4-3-6-24-12)21-17(23)14-8-15-13(5-7-25-15)20(14)11(2)19-21/h3-8,10H,9H2,1-2H3,(H,18,22). The van der Waals surface area contributed by atoms with E-state index in [-0.39, 0.29) is 18.0 Å². The molecule has 4 heterocycles. The SMILES string of the molecule is Cc1nn(C(C)C(=O)NCc2ccco2)c(=O)c2cc3sccc3n12. The second-order valence-electron chi connectivity index (χ2n) is 5.81. The van der Waals surface area contributed by atoms with E-state index in [1.165, 1.54) is 4.68 Å². The Bertz CT molecular complexity index is 1120. The van der Waals surface area contributed by atoms with Gasteiger partial charge in [-0.15, -0.1) is 11.3 Å². The van der Waals surface area contributed by atoms with Gasteiger partial charge < -0.3 is 9.73 Å². The molecule has 1 unspecified atom stereocenters. The molecule has 0 aliphatic carbocycles. The summed E-state index contributed by atoms with van der Waals surface area (Å²) in [6, 6.07) is 6.62. The number of fused-ring (bicyclic) bond motifs is 3. The van der Waals surface area contributed by atoms with Gasteiger partial charge in [0, 0.05) is 0 Å². The van der Waals surface area contributed by atoms with E-state index >= 15 is 0 Å². The van der Waals surface area contributed by atoms with E-state index in [1.807, 2.05) is 28.8 Å². The number of nitrogens with zero attached hydrogens (tertiary/aromatic N) is 3. The number of rotatable bonds is 4. The fourth-order valence-corrected chi connectivity index (χ4v) is 3.71. The molecule has 0 saturated heterocycles. The average Bonchev–Trinajstić information content (AvgIpc) is 3.31. The topological polar surface area (TPSA) is 81.5 Å². The first-order valence-corrected chi connectivity index (χ1v) is 8.72. The van der Waals surface area contributed by atoms with E-state index in [0.29, 0.717) is 17.1 Å². The minimum atomic E-state index is -0.723. The summed E-state index contributed by atoms with van der Waals surface area (Å²) in [5.74, 6) is 1.02. The number of carbonyl (C=O) groups is 1. The minimum Gasteiger partial charge on any atom is -0.467 e. The number of carbonyl (C=O) groups excluding carboxylic acids is 1. The molecule has 0 saturated carbocycles. The summed E-state index contributed by atoms with van der Waals surface area (Å²) in [6.07, 6.45) is 1.55. The minimum absolute atomic E-state index is 0.271. The van der Waals surface area contributed by atoms with E-state index in [0.717, 1.165) is 10.2 Å². The molecule has 1 N–H and O–H groups in total. The maximum Gasteiger partial charge on any atom is 0.291 e. The van der Waals surface area contributed by atoms with Crippen LogP contribution in [0.25, 0.3) is 15.7 Å². The zero-order chi connectivity index (χ0) is 17.6. The Hall–Kier alpha value is -2.87. The molecule has 1 amide bonds. The predicted molar refractivity (Wildman–Crippen MR) is 94.8 cm³/mol. The molecule has 1 atom stereocenters. The molecule has 0 aliphatic rings. The van der Waals surface area contributed by atoms with Crippen LogP contribution in [-0.4, -0.2) is 20.1 Å². The Labute approximate surface area is 146 Å². The van der Waals surface area contributed by atoms with Crippen LogP contribution in [0.15, 0.2) is 45.1 Å². The van der Waals surface area contributed by atoms with Crippen molar-refractivity contribution in [1.82, 2.24) is 19.5 Å². The van der Waals surface area contributed by atoms with Crippen molar-refractivity contribution >= 4 is 33.0 Å². The lowest BCUT2D eigenvalue weighted by Crippen LogP contribution is -2.37. The fraction of sp³-hybridized carbons (Fsp3) is 0.235. The summed E-state index contributed by atoms with van der Waals surface area (Å²) in [5.41, 5.74) is 1.21. The van der Waals surface area contributed by atoms with Crippen LogP contribution < -0.4 is 10.9 Å². The summed E-state index contributed by atoms with van der Waals surface area (Å²) in [7, 11) is 0. The number of aryl methyl sites for hydroxylation is 1. The van der Waals surface area contributed by atoms with Crippen LogP contribution in [0.3, 0.4) is 0 Å². The molecule has 128 valence electrons. The molecule has 0 aliphatic heterocycles. The molecule has 0 fully saturated rings. The van der Waals surface area contributed by atoms with E-state index in [4.69, 9.17) is 4.42 Å². The van der Waals surface area contributed by atoms with Crippen molar-refractivity contribution in [2.45, 2.75) is 26.4 Å². The summed E-state index contributed by atoms with van der Waals surface area (Å²) < 4.78 is 9.29. The zero-order valence-corrected chi connectivity index (χ0v) is 14.5. The third kappa shape index (κ3) is 2.54. The third-order valence-electron chi connectivity index (χ3n) is 4.19. The van der Waals surface area contributed by atoms with Gasteiger partial charge in [0.15, 0.2) is 0 Å². The van der Waals surface area contributed by atoms with E-state index in [9.17, 15) is 9.59 Å². The van der Waals surface area contributed by atoms with Crippen LogP contribution in [0, 0.1) is 6.92 Å². The van der Waals surface area contributed by atoms with Crippen molar-refractivity contribution in [3.8, 4) is 0 Å². The van der Waals surface area contributed by atoms with Gasteiger partial charge in [0.1, 0.15) is 23.1 Å². The van der Waals surface area contributed by atoms with Gasteiger partial charge >= 0.3 is 0 Å². The number of furan rings is 1. The lowest BCUT2D eigenvalue weighted by molar-refractivity contribution is -0.124. The maximum atomic E-state index is 12.8. The average molecular weight is 356 g/mol. The maximum absolute atomic E-state index is 12.8. The van der Waals surface area contributed by atoms with E-state index < -0.39 is 6.04 Å². The van der Waals surface area contributed by atoms with Crippen LogP contribution in [-0.2, 0) is 11.3 Å². The smallest absolute Gasteiger partial charge is 0.291 e. The fourth-order valence-electron chi connectivity index (χ4n) is 2.90. The lowest BCUT2D eigenvalue weighted by atomic mass is 10.3. The number of aromatic nitrogens is 3. The molecule has 0 bridgehead atoms. The quantitative estimate of drug-likeness (QED) is 0.609. The van der Waals surface area contributed by atoms with Crippen molar-refractivity contribution < 1.29 is 9.21 Å². The van der Waals surface area contributed by atoms with Gasteiger partial charge in [0.25, 0.3) is 5.56 Å². The molecule has 25 heavy (non-hydrogen) atoms. The highest BCUT2D eigenvalue weighted by molar-refractivity contribution is 7.17. The first-order chi connectivity index (χ1) is 12.1. The Morgan fingerprint density at radius 2 is 2.24 bits per heavy atom. The number of thiophene rings is 1. The van der Waals surface area contributed by atoms with Crippen LogP contribution >= 0.6 is 11.3 Å². The lowest BCUT2D eigenvalue weighted by Gasteiger charge is -2.15. The molecule has 0 aromatic carbocycles. The van der Waals surface area contributed by atoms with Gasteiger partial charge in [-0.05, 0) is 43.5 Å². The van der Waals surface area contributed by atoms with Crippen molar-refractivity contribution in [3.63, 3.8) is 0 Å². The molecule has 7 nitrogen and oxygen atoms in total. The highest BCUT2D eigenvalue weighted by atomic mass is 32.1. The molecule has 0 radical (unpaired) electrons. The first-order valence-electron chi connectivity index (χ1n) is 7.84. The molecule has 4 rings (SSSR count). The number of nitrogens with one attached hydrogen (secondary N) is 1. The Morgan fingerprint density at radius 3 is 3.00 bits per heavy atom. The van der Waals surface area contributed by atoms with Gasteiger partial charge in [-0.25, -0.2) is 4.68 Å². The van der Waals surface area contributed by atoms with Crippen molar-refractivity contribution in [2.24, 2.45) is 0 Å². The zero-order valence-electron chi connectivity index (χ0n) is 13.7. The molecule has 4 aromatic rings. The van der Waals surface area contributed by atoms with Crippen molar-refractivity contribution in [2.75, 3.05) is 0 Å². The summed E-state index contributed by atoms with van der Waals surface area (Å²) >= 11 is 1.57. The molecule has 4 aromatic heterocycles. The molecule has 8 heteroatoms. The van der Waals surface area contributed by atoms with Crippen molar-refractivity contribution in [3.05, 3.63) is 57.8 Å². The third-order valence-corrected chi connectivity index (χ3v) is 5.04. The highest BCUT2D eigenvalue weighted by Gasteiger charge is 2.21. The Morgan fingerprint density at radius 1 is 1.40 bits per heavy atom. The van der Waals surface area contributed by atoms with Gasteiger partial charge in [-0.2, -0.15) is 5.10 Å². The number of hydrogen-bond acceptors (Lipinski definition) is 5. The van der Waals surface area contributed by atoms with E-state index in [2.05, 4.69) is 10.4 Å². The van der Waals surface area contributed by atoms with Crippen LogP contribution in [0.5, 0.6) is 0 Å². The summed E-state index contributed by atoms with van der Waals surface area (Å²) in [6.45, 7) is 3.76. The second-order valence-corrected chi connectivity index (χ2v) is 6.75.